The van der Waals surface area contributed by atoms with Crippen molar-refractivity contribution in [1.82, 2.24) is 4.90 Å². The highest BCUT2D eigenvalue weighted by Crippen LogP contribution is 2.15. The zero-order valence-corrected chi connectivity index (χ0v) is 15.1. The maximum absolute atomic E-state index is 12.2. The van der Waals surface area contributed by atoms with Gasteiger partial charge in [-0.25, -0.2) is 0 Å². The van der Waals surface area contributed by atoms with Gasteiger partial charge in [0.15, 0.2) is 0 Å². The molecular weight excluding hydrogens is 316 g/mol. The van der Waals surface area contributed by atoms with E-state index in [9.17, 15) is 9.59 Å². The van der Waals surface area contributed by atoms with Gasteiger partial charge in [-0.2, -0.15) is 0 Å². The van der Waals surface area contributed by atoms with Crippen LogP contribution in [0.3, 0.4) is 0 Å². The Kier molecular flexibility index (Phi) is 7.88. The van der Waals surface area contributed by atoms with E-state index in [4.69, 9.17) is 5.73 Å². The molecule has 0 unspecified atom stereocenters. The quantitative estimate of drug-likeness (QED) is 0.739. The number of likely N-dealkylation sites (tertiary alicyclic amines) is 1. The fourth-order valence-corrected chi connectivity index (χ4v) is 2.93. The van der Waals surface area contributed by atoms with Crippen molar-refractivity contribution in [2.75, 3.05) is 30.3 Å². The van der Waals surface area contributed by atoms with Crippen LogP contribution in [0.15, 0.2) is 24.3 Å². The van der Waals surface area contributed by atoms with Crippen LogP contribution in [-0.2, 0) is 9.59 Å². The third-order valence-electron chi connectivity index (χ3n) is 4.53. The van der Waals surface area contributed by atoms with Crippen molar-refractivity contribution < 1.29 is 9.59 Å². The van der Waals surface area contributed by atoms with Gasteiger partial charge in [-0.15, -0.1) is 0 Å². The van der Waals surface area contributed by atoms with E-state index in [0.29, 0.717) is 18.7 Å². The summed E-state index contributed by atoms with van der Waals surface area (Å²) in [6.07, 6.45) is 6.76. The molecule has 2 rings (SSSR count). The molecular formula is C19H30N4O2. The smallest absolute Gasteiger partial charge is 0.241 e. The Bertz CT molecular complexity index is 551. The van der Waals surface area contributed by atoms with Crippen LogP contribution < -0.4 is 16.4 Å². The van der Waals surface area contributed by atoms with Crippen LogP contribution in [0.5, 0.6) is 0 Å². The lowest BCUT2D eigenvalue weighted by molar-refractivity contribution is -0.118. The Hall–Kier alpha value is -1.92. The van der Waals surface area contributed by atoms with Crippen molar-refractivity contribution in [3.05, 3.63) is 24.3 Å². The second kappa shape index (κ2) is 10.2. The lowest BCUT2D eigenvalue weighted by Crippen LogP contribution is -2.35. The second-order valence-corrected chi connectivity index (χ2v) is 6.67. The molecule has 1 aliphatic heterocycles. The molecule has 4 N–H and O–H groups in total. The monoisotopic (exact) mass is 346 g/mol. The van der Waals surface area contributed by atoms with E-state index >= 15 is 0 Å². The number of anilines is 2. The Labute approximate surface area is 150 Å². The molecule has 1 aromatic rings. The number of nitrogens with zero attached hydrogens (tertiary/aromatic N) is 1. The van der Waals surface area contributed by atoms with Gasteiger partial charge in [0.05, 0.1) is 12.6 Å². The third-order valence-corrected chi connectivity index (χ3v) is 4.53. The summed E-state index contributed by atoms with van der Waals surface area (Å²) in [5, 5.41) is 5.69. The normalized spacial score (nSPS) is 17.2. The number of nitrogens with two attached hydrogens (primary N) is 1. The van der Waals surface area contributed by atoms with Gasteiger partial charge in [0.25, 0.3) is 0 Å². The van der Waals surface area contributed by atoms with Crippen LogP contribution in [-0.4, -0.2) is 42.4 Å². The summed E-state index contributed by atoms with van der Waals surface area (Å²) in [6.45, 7) is 4.30. The van der Waals surface area contributed by atoms with Crippen LogP contribution in [0.25, 0.3) is 0 Å². The topological polar surface area (TPSA) is 87.5 Å². The Morgan fingerprint density at radius 2 is 1.52 bits per heavy atom. The fraction of sp³-hybridized carbons (Fsp3) is 0.579. The van der Waals surface area contributed by atoms with Crippen molar-refractivity contribution in [3.63, 3.8) is 0 Å². The summed E-state index contributed by atoms with van der Waals surface area (Å²) in [5.41, 5.74) is 7.10. The fourth-order valence-electron chi connectivity index (χ4n) is 2.93. The molecule has 1 heterocycles. The zero-order chi connectivity index (χ0) is 18.1. The first kappa shape index (κ1) is 19.4. The molecule has 1 aliphatic rings. The summed E-state index contributed by atoms with van der Waals surface area (Å²) < 4.78 is 0. The van der Waals surface area contributed by atoms with E-state index in [-0.39, 0.29) is 11.8 Å². The summed E-state index contributed by atoms with van der Waals surface area (Å²) in [4.78, 5) is 26.2. The number of benzene rings is 1. The van der Waals surface area contributed by atoms with E-state index in [0.717, 1.165) is 18.8 Å². The van der Waals surface area contributed by atoms with E-state index in [2.05, 4.69) is 15.5 Å². The van der Waals surface area contributed by atoms with Crippen LogP contribution in [0.1, 0.15) is 45.4 Å². The molecule has 1 atom stereocenters. The molecule has 6 nitrogen and oxygen atoms in total. The van der Waals surface area contributed by atoms with Crippen LogP contribution in [0.4, 0.5) is 11.4 Å². The van der Waals surface area contributed by atoms with Crippen molar-refractivity contribution in [2.45, 2.75) is 51.5 Å². The van der Waals surface area contributed by atoms with Crippen molar-refractivity contribution in [2.24, 2.45) is 5.73 Å². The predicted octanol–water partition coefficient (Wildman–Crippen LogP) is 2.57. The molecule has 0 saturated carbocycles. The van der Waals surface area contributed by atoms with Crippen LogP contribution in [0, 0.1) is 0 Å². The minimum absolute atomic E-state index is 0.00497. The summed E-state index contributed by atoms with van der Waals surface area (Å²) in [6, 6.07) is 6.62. The first-order chi connectivity index (χ1) is 12.1. The van der Waals surface area contributed by atoms with E-state index in [1.807, 2.05) is 6.92 Å². The standard InChI is InChI=1S/C19H30N4O2/c1-2-17(20)19(25)22-16-10-8-15(9-11-16)21-18(24)14-23-12-6-4-3-5-7-13-23/h8-11,17H,2-7,12-14,20H2,1H3,(H,21,24)(H,22,25)/t17-/m0/s1. The van der Waals surface area contributed by atoms with Gasteiger partial charge in [0.1, 0.15) is 0 Å². The van der Waals surface area contributed by atoms with Gasteiger partial charge in [-0.05, 0) is 56.6 Å². The average Bonchev–Trinajstić information content (AvgIpc) is 2.58. The summed E-state index contributed by atoms with van der Waals surface area (Å²) in [7, 11) is 0. The van der Waals surface area contributed by atoms with Gasteiger partial charge >= 0.3 is 0 Å². The lowest BCUT2D eigenvalue weighted by atomic mass is 10.1. The maximum Gasteiger partial charge on any atom is 0.241 e. The number of carbonyl (C=O) groups is 2. The van der Waals surface area contributed by atoms with Gasteiger partial charge in [-0.1, -0.05) is 26.2 Å². The molecule has 1 fully saturated rings. The summed E-state index contributed by atoms with van der Waals surface area (Å²) in [5.74, 6) is -0.193. The number of rotatable bonds is 6. The van der Waals surface area contributed by atoms with Crippen molar-refractivity contribution in [3.8, 4) is 0 Å². The first-order valence-electron chi connectivity index (χ1n) is 9.27. The molecule has 25 heavy (non-hydrogen) atoms. The molecule has 2 amide bonds. The van der Waals surface area contributed by atoms with Gasteiger partial charge in [0.2, 0.25) is 11.8 Å². The van der Waals surface area contributed by atoms with E-state index in [1.165, 1.54) is 32.1 Å². The molecule has 138 valence electrons. The lowest BCUT2D eigenvalue weighted by Gasteiger charge is -2.23. The van der Waals surface area contributed by atoms with Gasteiger partial charge in [-0.3, -0.25) is 14.5 Å². The molecule has 0 aromatic heterocycles. The Morgan fingerprint density at radius 1 is 1.00 bits per heavy atom. The molecule has 6 heteroatoms. The Morgan fingerprint density at radius 3 is 2.08 bits per heavy atom. The third kappa shape index (κ3) is 6.84. The highest BCUT2D eigenvalue weighted by atomic mass is 16.2. The van der Waals surface area contributed by atoms with E-state index in [1.54, 1.807) is 24.3 Å². The number of nitrogens with one attached hydrogen (secondary N) is 2. The minimum Gasteiger partial charge on any atom is -0.325 e. The van der Waals surface area contributed by atoms with Crippen molar-refractivity contribution in [1.29, 1.82) is 0 Å². The molecule has 1 aromatic carbocycles. The maximum atomic E-state index is 12.2. The highest BCUT2D eigenvalue weighted by molar-refractivity contribution is 5.95. The van der Waals surface area contributed by atoms with Gasteiger partial charge < -0.3 is 16.4 Å². The number of hydrogen-bond acceptors (Lipinski definition) is 4. The minimum atomic E-state index is -0.503. The number of amides is 2. The molecule has 0 bridgehead atoms. The SMILES string of the molecule is CC[C@H](N)C(=O)Nc1ccc(NC(=O)CN2CCCCCCC2)cc1. The largest absolute Gasteiger partial charge is 0.325 e. The van der Waals surface area contributed by atoms with Crippen LogP contribution >= 0.6 is 0 Å². The molecule has 1 saturated heterocycles. The van der Waals surface area contributed by atoms with Crippen LogP contribution in [0.2, 0.25) is 0 Å². The zero-order valence-electron chi connectivity index (χ0n) is 15.1. The average molecular weight is 346 g/mol. The first-order valence-corrected chi connectivity index (χ1v) is 9.27. The molecule has 0 spiro atoms. The van der Waals surface area contributed by atoms with Crippen molar-refractivity contribution >= 4 is 23.2 Å². The second-order valence-electron chi connectivity index (χ2n) is 6.67. The number of carbonyl (C=O) groups excluding carboxylic acids is 2. The van der Waals surface area contributed by atoms with Gasteiger partial charge in [0, 0.05) is 11.4 Å². The highest BCUT2D eigenvalue weighted by Gasteiger charge is 2.13. The predicted molar refractivity (Wildman–Crippen MR) is 101 cm³/mol. The van der Waals surface area contributed by atoms with E-state index < -0.39 is 6.04 Å². The molecule has 0 radical (unpaired) electrons. The Balaban J connectivity index is 1.81. The number of hydrogen-bond donors (Lipinski definition) is 3. The molecule has 0 aliphatic carbocycles. The summed E-state index contributed by atoms with van der Waals surface area (Å²) >= 11 is 0.